The van der Waals surface area contributed by atoms with Crippen molar-refractivity contribution in [2.24, 2.45) is 0 Å². The first-order valence-electron chi connectivity index (χ1n) is 12.0. The van der Waals surface area contributed by atoms with E-state index in [1.807, 2.05) is 29.2 Å². The van der Waals surface area contributed by atoms with Crippen molar-refractivity contribution in [1.29, 1.82) is 0 Å². The van der Waals surface area contributed by atoms with Crippen LogP contribution < -0.4 is 10.6 Å². The van der Waals surface area contributed by atoms with Gasteiger partial charge in [0.1, 0.15) is 5.00 Å². The summed E-state index contributed by atoms with van der Waals surface area (Å²) >= 11 is 6.69. The molecule has 1 aromatic carbocycles. The molecular formula is C25H30ClN5O3. The molecule has 2 aromatic rings. The highest BCUT2D eigenvalue weighted by molar-refractivity contribution is 6.25. The second kappa shape index (κ2) is 9.15. The summed E-state index contributed by atoms with van der Waals surface area (Å²) in [5.74, 6) is 0.423. The zero-order chi connectivity index (χ0) is 23.8. The molecule has 3 heterocycles. The summed E-state index contributed by atoms with van der Waals surface area (Å²) in [6, 6.07) is 7.78. The molecule has 2 aliphatic heterocycles. The fourth-order valence-electron chi connectivity index (χ4n) is 5.31. The van der Waals surface area contributed by atoms with E-state index in [-0.39, 0.29) is 17.4 Å². The largest absolute Gasteiger partial charge is 0.381 e. The Balaban J connectivity index is 1.38. The lowest BCUT2D eigenvalue weighted by Crippen LogP contribution is -2.53. The molecule has 0 radical (unpaired) electrons. The number of rotatable bonds is 6. The van der Waals surface area contributed by atoms with Crippen LogP contribution in [0.25, 0.3) is 11.3 Å². The summed E-state index contributed by atoms with van der Waals surface area (Å²) in [5, 5.41) is 6.21. The minimum Gasteiger partial charge on any atom is -0.381 e. The quantitative estimate of drug-likeness (QED) is 0.480. The van der Waals surface area contributed by atoms with Crippen molar-refractivity contribution >= 4 is 29.4 Å². The predicted molar refractivity (Wildman–Crippen MR) is 129 cm³/mol. The summed E-state index contributed by atoms with van der Waals surface area (Å²) < 4.78 is 5.41. The first-order chi connectivity index (χ1) is 16.4. The Morgan fingerprint density at radius 3 is 2.68 bits per heavy atom. The lowest BCUT2D eigenvalue weighted by Gasteiger charge is -2.39. The number of hydrogen-bond donors (Lipinski definition) is 2. The smallest absolute Gasteiger partial charge is 0.255 e. The van der Waals surface area contributed by atoms with Gasteiger partial charge >= 0.3 is 0 Å². The molecule has 1 aromatic heterocycles. The minimum atomic E-state index is -0.616. The maximum Gasteiger partial charge on any atom is 0.255 e. The molecule has 180 valence electrons. The van der Waals surface area contributed by atoms with Gasteiger partial charge in [-0.05, 0) is 30.5 Å². The van der Waals surface area contributed by atoms with Crippen molar-refractivity contribution in [2.75, 3.05) is 25.1 Å². The maximum atomic E-state index is 13.5. The van der Waals surface area contributed by atoms with E-state index in [0.29, 0.717) is 50.7 Å². The Kier molecular flexibility index (Phi) is 6.20. The molecule has 1 saturated carbocycles. The highest BCUT2D eigenvalue weighted by atomic mass is 35.5. The third kappa shape index (κ3) is 4.49. The summed E-state index contributed by atoms with van der Waals surface area (Å²) in [4.78, 5) is 35.5. The fourth-order valence-corrected chi connectivity index (χ4v) is 5.55. The molecule has 0 spiro atoms. The highest BCUT2D eigenvalue weighted by Crippen LogP contribution is 2.40. The van der Waals surface area contributed by atoms with Crippen molar-refractivity contribution in [3.63, 3.8) is 0 Å². The number of alkyl halides is 1. The van der Waals surface area contributed by atoms with Crippen molar-refractivity contribution in [2.45, 2.75) is 62.5 Å². The topological polar surface area (TPSA) is 96.5 Å². The van der Waals surface area contributed by atoms with Gasteiger partial charge in [-0.3, -0.25) is 9.59 Å². The number of amides is 2. The van der Waals surface area contributed by atoms with E-state index in [9.17, 15) is 9.59 Å². The Morgan fingerprint density at radius 1 is 1.18 bits per heavy atom. The molecule has 8 nitrogen and oxygen atoms in total. The molecule has 9 heteroatoms. The summed E-state index contributed by atoms with van der Waals surface area (Å²) in [7, 11) is 0. The van der Waals surface area contributed by atoms with Gasteiger partial charge in [0.05, 0.1) is 24.4 Å². The fraction of sp³-hybridized carbons (Fsp3) is 0.520. The standard InChI is InChI=1S/C25H30ClN5O3/c1-17(32)28-16-24(7-2-3-8-24)31-15-19-5-4-18(14-20(19)22(31)33)21-6-11-27-23(29-21)30-25(26)9-12-34-13-10-25/h4-6,11,14H,2-3,7-10,12-13,15-16H2,1H3,(H,28,32)(H,27,29,30). The first-order valence-corrected chi connectivity index (χ1v) is 12.3. The van der Waals surface area contributed by atoms with E-state index in [1.165, 1.54) is 6.92 Å². The SMILES string of the molecule is CC(=O)NCC1(N2Cc3ccc(-c4ccnc(NC5(Cl)CCOCC5)n4)cc3C2=O)CCCC1. The molecule has 34 heavy (non-hydrogen) atoms. The summed E-state index contributed by atoms with van der Waals surface area (Å²) in [6.45, 7) is 3.79. The Morgan fingerprint density at radius 2 is 1.94 bits per heavy atom. The van der Waals surface area contributed by atoms with Gasteiger partial charge in [0.2, 0.25) is 11.9 Å². The number of fused-ring (bicyclic) bond motifs is 1. The molecule has 2 fully saturated rings. The first kappa shape index (κ1) is 23.1. The lowest BCUT2D eigenvalue weighted by molar-refractivity contribution is -0.119. The van der Waals surface area contributed by atoms with E-state index < -0.39 is 5.00 Å². The number of nitrogens with zero attached hydrogens (tertiary/aromatic N) is 3. The molecule has 1 saturated heterocycles. The Labute approximate surface area is 204 Å². The molecule has 0 bridgehead atoms. The van der Waals surface area contributed by atoms with Crippen LogP contribution in [0.2, 0.25) is 0 Å². The number of hydrogen-bond acceptors (Lipinski definition) is 6. The molecule has 0 atom stereocenters. The molecule has 1 aliphatic carbocycles. The van der Waals surface area contributed by atoms with Crippen LogP contribution in [0, 0.1) is 0 Å². The molecule has 2 N–H and O–H groups in total. The number of halogens is 1. The average molecular weight is 484 g/mol. The van der Waals surface area contributed by atoms with Crippen LogP contribution in [0.5, 0.6) is 0 Å². The van der Waals surface area contributed by atoms with Crippen LogP contribution in [-0.4, -0.2) is 57.0 Å². The third-order valence-corrected chi connectivity index (χ3v) is 7.73. The van der Waals surface area contributed by atoms with Crippen LogP contribution in [0.4, 0.5) is 5.95 Å². The van der Waals surface area contributed by atoms with Crippen LogP contribution >= 0.6 is 11.6 Å². The number of carbonyl (C=O) groups excluding carboxylic acids is 2. The van der Waals surface area contributed by atoms with E-state index in [4.69, 9.17) is 16.3 Å². The van der Waals surface area contributed by atoms with E-state index in [0.717, 1.165) is 42.5 Å². The monoisotopic (exact) mass is 483 g/mol. The van der Waals surface area contributed by atoms with E-state index >= 15 is 0 Å². The number of aromatic nitrogens is 2. The summed E-state index contributed by atoms with van der Waals surface area (Å²) in [5.41, 5.74) is 2.99. The van der Waals surface area contributed by atoms with Gasteiger partial charge in [0, 0.05) is 50.2 Å². The molecule has 3 aliphatic rings. The van der Waals surface area contributed by atoms with Crippen LogP contribution in [0.1, 0.15) is 61.4 Å². The average Bonchev–Trinajstić information content (AvgIpc) is 3.43. The molecular weight excluding hydrogens is 454 g/mol. The second-order valence-corrected chi connectivity index (χ2v) is 10.3. The second-order valence-electron chi connectivity index (χ2n) is 9.57. The maximum absolute atomic E-state index is 13.5. The van der Waals surface area contributed by atoms with Crippen LogP contribution in [0.15, 0.2) is 30.5 Å². The number of carbonyl (C=O) groups is 2. The van der Waals surface area contributed by atoms with Crippen LogP contribution in [0.3, 0.4) is 0 Å². The minimum absolute atomic E-state index is 0.0263. The lowest BCUT2D eigenvalue weighted by atomic mass is 9.95. The van der Waals surface area contributed by atoms with Crippen molar-refractivity contribution < 1.29 is 14.3 Å². The van der Waals surface area contributed by atoms with Gasteiger partial charge in [-0.15, -0.1) is 0 Å². The molecule has 5 rings (SSSR count). The zero-order valence-corrected chi connectivity index (χ0v) is 20.2. The van der Waals surface area contributed by atoms with Crippen molar-refractivity contribution in [1.82, 2.24) is 20.2 Å². The van der Waals surface area contributed by atoms with Gasteiger partial charge in [0.25, 0.3) is 5.91 Å². The zero-order valence-electron chi connectivity index (χ0n) is 19.4. The van der Waals surface area contributed by atoms with E-state index in [2.05, 4.69) is 20.6 Å². The number of ether oxygens (including phenoxy) is 1. The van der Waals surface area contributed by atoms with Crippen molar-refractivity contribution in [3.05, 3.63) is 41.6 Å². The number of anilines is 1. The Hall–Kier alpha value is -2.71. The van der Waals surface area contributed by atoms with Crippen molar-refractivity contribution in [3.8, 4) is 11.3 Å². The Bertz CT molecular complexity index is 1100. The normalized spacial score (nSPS) is 20.8. The van der Waals surface area contributed by atoms with Gasteiger partial charge in [-0.25, -0.2) is 9.97 Å². The van der Waals surface area contributed by atoms with Gasteiger partial charge in [-0.2, -0.15) is 0 Å². The molecule has 0 unspecified atom stereocenters. The third-order valence-electron chi connectivity index (χ3n) is 7.26. The molecule has 2 amide bonds. The van der Waals surface area contributed by atoms with E-state index in [1.54, 1.807) is 6.20 Å². The van der Waals surface area contributed by atoms with Gasteiger partial charge in [0.15, 0.2) is 0 Å². The predicted octanol–water partition coefficient (Wildman–Crippen LogP) is 3.71. The number of nitrogens with one attached hydrogen (secondary N) is 2. The van der Waals surface area contributed by atoms with Gasteiger partial charge < -0.3 is 20.3 Å². The highest BCUT2D eigenvalue weighted by Gasteiger charge is 2.45. The summed E-state index contributed by atoms with van der Waals surface area (Å²) in [6.07, 6.45) is 6.99. The van der Waals surface area contributed by atoms with Crippen LogP contribution in [-0.2, 0) is 16.1 Å². The van der Waals surface area contributed by atoms with Gasteiger partial charge in [-0.1, -0.05) is 36.6 Å². The number of benzene rings is 1.